The molecule has 240 valence electrons. The quantitative estimate of drug-likeness (QED) is 0.388. The van der Waals surface area contributed by atoms with Crippen molar-refractivity contribution < 1.29 is 28.3 Å². The lowest BCUT2D eigenvalue weighted by molar-refractivity contribution is -0.138. The Kier molecular flexibility index (Phi) is 12.0. The summed E-state index contributed by atoms with van der Waals surface area (Å²) < 4.78 is 20.9. The molecule has 1 heterocycles. The largest absolute Gasteiger partial charge is 0.444 e. The van der Waals surface area contributed by atoms with Gasteiger partial charge in [0, 0.05) is 38.5 Å². The van der Waals surface area contributed by atoms with Crippen molar-refractivity contribution in [1.29, 1.82) is 0 Å². The van der Waals surface area contributed by atoms with Gasteiger partial charge >= 0.3 is 6.09 Å². The molecule has 43 heavy (non-hydrogen) atoms. The molecule has 1 saturated carbocycles. The van der Waals surface area contributed by atoms with Crippen LogP contribution in [0.2, 0.25) is 0 Å². The number of ether oxygens (including phenoxy) is 1. The zero-order chi connectivity index (χ0) is 31.9. The second-order valence-corrected chi connectivity index (χ2v) is 13.2. The molecule has 1 saturated heterocycles. The molecule has 1 aromatic rings. The van der Waals surface area contributed by atoms with Crippen molar-refractivity contribution in [2.45, 2.75) is 97.2 Å². The molecule has 0 unspecified atom stereocenters. The molecule has 0 aromatic heterocycles. The monoisotopic (exact) mass is 603 g/mol. The molecule has 1 aliphatic carbocycles. The number of hydrogen-bond acceptors (Lipinski definition) is 6. The number of benzene rings is 1. The van der Waals surface area contributed by atoms with Gasteiger partial charge in [-0.1, -0.05) is 39.7 Å². The Bertz CT molecular complexity index is 1140. The lowest BCUT2D eigenvalue weighted by atomic mass is 9.79. The van der Waals surface area contributed by atoms with Crippen molar-refractivity contribution in [2.75, 3.05) is 38.5 Å². The number of rotatable bonds is 9. The molecule has 10 nitrogen and oxygen atoms in total. The van der Waals surface area contributed by atoms with Gasteiger partial charge in [0.2, 0.25) is 17.7 Å². The van der Waals surface area contributed by atoms with Crippen molar-refractivity contribution in [1.82, 2.24) is 20.4 Å². The SMILES string of the molecule is CCC(=O)N[C@@H](C(=O)N1CCN(C)CC1)[C@@H](C)c1ccc(NC(=O)[C@@H](NC(=O)OC(C)(C)C)C2CCC(C)CC2)c(F)c1. The van der Waals surface area contributed by atoms with Crippen molar-refractivity contribution in [3.63, 3.8) is 0 Å². The maximum atomic E-state index is 15.5. The molecule has 0 radical (unpaired) electrons. The molecule has 3 atom stereocenters. The summed E-state index contributed by atoms with van der Waals surface area (Å²) in [6, 6.07) is 2.68. The lowest BCUT2D eigenvalue weighted by Crippen LogP contribution is -2.55. The topological polar surface area (TPSA) is 120 Å². The van der Waals surface area contributed by atoms with E-state index in [-0.39, 0.29) is 29.8 Å². The van der Waals surface area contributed by atoms with E-state index in [0.29, 0.717) is 24.6 Å². The molecule has 3 N–H and O–H groups in total. The van der Waals surface area contributed by atoms with Gasteiger partial charge in [-0.05, 0) is 70.2 Å². The number of hydrogen-bond donors (Lipinski definition) is 3. The highest BCUT2D eigenvalue weighted by molar-refractivity contribution is 5.97. The number of carbonyl (C=O) groups excluding carboxylic acids is 4. The highest BCUT2D eigenvalue weighted by Crippen LogP contribution is 2.32. The molecule has 2 aliphatic rings. The number of nitrogens with zero attached hydrogens (tertiary/aromatic N) is 2. The van der Waals surface area contributed by atoms with Gasteiger partial charge in [-0.3, -0.25) is 14.4 Å². The predicted octanol–water partition coefficient (Wildman–Crippen LogP) is 4.26. The molecule has 0 spiro atoms. The Balaban J connectivity index is 1.78. The zero-order valence-electron chi connectivity index (χ0n) is 26.8. The van der Waals surface area contributed by atoms with Crippen LogP contribution in [0.1, 0.15) is 85.1 Å². The van der Waals surface area contributed by atoms with Gasteiger partial charge in [-0.2, -0.15) is 0 Å². The zero-order valence-corrected chi connectivity index (χ0v) is 26.8. The fourth-order valence-electron chi connectivity index (χ4n) is 5.67. The van der Waals surface area contributed by atoms with Crippen LogP contribution in [0.4, 0.5) is 14.9 Å². The minimum absolute atomic E-state index is 0.0272. The third-order valence-electron chi connectivity index (χ3n) is 8.48. The van der Waals surface area contributed by atoms with E-state index >= 15 is 4.39 Å². The van der Waals surface area contributed by atoms with Gasteiger partial charge < -0.3 is 30.5 Å². The molecule has 4 amide bonds. The average molecular weight is 604 g/mol. The minimum atomic E-state index is -0.879. The standard InChI is InChI=1S/C32H50FN5O5/c1-8-26(39)35-27(30(41)38-17-15-37(7)16-18-38)21(3)23-13-14-25(24(33)19-23)34-29(40)28(22-11-9-20(2)10-12-22)36-31(42)43-32(4,5)6/h13-14,19-22,27-28H,8-12,15-18H2,1-7H3,(H,34,40)(H,35,39)(H,36,42)/t20?,21-,22?,27+,28-/m0/s1. The number of halogens is 1. The van der Waals surface area contributed by atoms with Crippen LogP contribution in [0.5, 0.6) is 0 Å². The van der Waals surface area contributed by atoms with E-state index in [2.05, 4.69) is 27.8 Å². The van der Waals surface area contributed by atoms with Crippen LogP contribution in [0.25, 0.3) is 0 Å². The van der Waals surface area contributed by atoms with E-state index < -0.39 is 41.4 Å². The van der Waals surface area contributed by atoms with Gasteiger partial charge in [0.05, 0.1) is 5.69 Å². The first kappa shape index (κ1) is 34.3. The Labute approximate surface area is 255 Å². The number of anilines is 1. The molecule has 1 aliphatic heterocycles. The van der Waals surface area contributed by atoms with Gasteiger partial charge in [-0.25, -0.2) is 9.18 Å². The summed E-state index contributed by atoms with van der Waals surface area (Å²) in [5.74, 6) is -1.71. The van der Waals surface area contributed by atoms with Gasteiger partial charge in [-0.15, -0.1) is 0 Å². The van der Waals surface area contributed by atoms with E-state index in [1.165, 1.54) is 12.1 Å². The Hall–Kier alpha value is -3.21. The minimum Gasteiger partial charge on any atom is -0.444 e. The van der Waals surface area contributed by atoms with Crippen LogP contribution in [-0.4, -0.2) is 84.5 Å². The van der Waals surface area contributed by atoms with Crippen molar-refractivity contribution in [3.05, 3.63) is 29.6 Å². The first-order chi connectivity index (χ1) is 20.2. The molecule has 0 bridgehead atoms. The van der Waals surface area contributed by atoms with Gasteiger partial charge in [0.1, 0.15) is 23.5 Å². The lowest BCUT2D eigenvalue weighted by Gasteiger charge is -2.36. The highest BCUT2D eigenvalue weighted by atomic mass is 19.1. The summed E-state index contributed by atoms with van der Waals surface area (Å²) in [5, 5.41) is 8.24. The molecule has 3 rings (SSSR count). The number of nitrogens with one attached hydrogen (secondary N) is 3. The van der Waals surface area contributed by atoms with Crippen molar-refractivity contribution in [3.8, 4) is 0 Å². The number of likely N-dealkylation sites (N-methyl/N-ethyl adjacent to an activating group) is 1. The third kappa shape index (κ3) is 9.91. The maximum absolute atomic E-state index is 15.5. The molecular weight excluding hydrogens is 553 g/mol. The molecule has 1 aromatic carbocycles. The Morgan fingerprint density at radius 2 is 1.65 bits per heavy atom. The van der Waals surface area contributed by atoms with E-state index in [0.717, 1.165) is 38.8 Å². The van der Waals surface area contributed by atoms with E-state index in [1.807, 2.05) is 7.05 Å². The molecule has 2 fully saturated rings. The normalized spacial score (nSPS) is 21.7. The second-order valence-electron chi connectivity index (χ2n) is 13.2. The van der Waals surface area contributed by atoms with Crippen LogP contribution in [0.15, 0.2) is 18.2 Å². The molecular formula is C32H50FN5O5. The predicted molar refractivity (Wildman–Crippen MR) is 164 cm³/mol. The summed E-state index contributed by atoms with van der Waals surface area (Å²) in [7, 11) is 2.00. The number of amides is 4. The molecule has 11 heteroatoms. The smallest absolute Gasteiger partial charge is 0.408 e. The van der Waals surface area contributed by atoms with Crippen LogP contribution < -0.4 is 16.0 Å². The average Bonchev–Trinajstić information content (AvgIpc) is 2.94. The van der Waals surface area contributed by atoms with E-state index in [4.69, 9.17) is 4.74 Å². The third-order valence-corrected chi connectivity index (χ3v) is 8.48. The van der Waals surface area contributed by atoms with Crippen molar-refractivity contribution in [2.24, 2.45) is 11.8 Å². The van der Waals surface area contributed by atoms with Gasteiger partial charge in [0.25, 0.3) is 0 Å². The summed E-state index contributed by atoms with van der Waals surface area (Å²) in [5.41, 5.74) is -0.241. The highest BCUT2D eigenvalue weighted by Gasteiger charge is 2.35. The Morgan fingerprint density at radius 3 is 2.21 bits per heavy atom. The van der Waals surface area contributed by atoms with Crippen LogP contribution >= 0.6 is 0 Å². The van der Waals surface area contributed by atoms with E-state index in [9.17, 15) is 19.2 Å². The summed E-state index contributed by atoms with van der Waals surface area (Å²) >= 11 is 0. The fourth-order valence-corrected chi connectivity index (χ4v) is 5.67. The van der Waals surface area contributed by atoms with E-state index in [1.54, 1.807) is 45.6 Å². The summed E-state index contributed by atoms with van der Waals surface area (Å²) in [6.45, 7) is 13.5. The maximum Gasteiger partial charge on any atom is 0.408 e. The number of alkyl carbamates (subject to hydrolysis) is 1. The number of piperazine rings is 1. The van der Waals surface area contributed by atoms with Gasteiger partial charge in [0.15, 0.2) is 0 Å². The summed E-state index contributed by atoms with van der Waals surface area (Å²) in [6.07, 6.45) is 2.93. The van der Waals surface area contributed by atoms with Crippen LogP contribution in [0.3, 0.4) is 0 Å². The van der Waals surface area contributed by atoms with Crippen molar-refractivity contribution >= 4 is 29.5 Å². The fraction of sp³-hybridized carbons (Fsp3) is 0.688. The first-order valence-electron chi connectivity index (χ1n) is 15.5. The Morgan fingerprint density at radius 1 is 1.02 bits per heavy atom. The van der Waals surface area contributed by atoms with Crippen LogP contribution in [0, 0.1) is 17.7 Å². The second kappa shape index (κ2) is 15.0. The first-order valence-corrected chi connectivity index (χ1v) is 15.5. The summed E-state index contributed by atoms with van der Waals surface area (Å²) in [4.78, 5) is 55.8. The number of carbonyl (C=O) groups is 4. The van der Waals surface area contributed by atoms with Crippen LogP contribution in [-0.2, 0) is 19.1 Å².